The van der Waals surface area contributed by atoms with Crippen LogP contribution in [0.4, 0.5) is 5.82 Å². The molecule has 20 heavy (non-hydrogen) atoms. The highest BCUT2D eigenvalue weighted by Gasteiger charge is 2.11. The van der Waals surface area contributed by atoms with Crippen molar-refractivity contribution in [2.75, 3.05) is 5.32 Å². The molecule has 0 spiro atoms. The van der Waals surface area contributed by atoms with Crippen molar-refractivity contribution >= 4 is 46.7 Å². The lowest BCUT2D eigenvalue weighted by Crippen LogP contribution is -2.13. The number of aromatic carboxylic acids is 1. The van der Waals surface area contributed by atoms with Crippen LogP contribution in [-0.4, -0.2) is 22.0 Å². The normalized spacial score (nSPS) is 10.7. The second-order valence-electron chi connectivity index (χ2n) is 3.67. The van der Waals surface area contributed by atoms with Crippen molar-refractivity contribution in [1.29, 1.82) is 0 Å². The second kappa shape index (κ2) is 6.31. The highest BCUT2D eigenvalue weighted by Crippen LogP contribution is 2.22. The standard InChI is InChI=1S/C13H9ClN2O3S/c14-10-5-3-8(20-10)4-6-11(17)16-12-9(13(18)19)2-1-7-15-12/h1-7H,(H,18,19)(H,15,16,17). The molecule has 0 atom stereocenters. The highest BCUT2D eigenvalue weighted by molar-refractivity contribution is 7.17. The number of hydrogen-bond donors (Lipinski definition) is 2. The van der Waals surface area contributed by atoms with E-state index >= 15 is 0 Å². The molecular weight excluding hydrogens is 300 g/mol. The first kappa shape index (κ1) is 14.2. The molecule has 2 aromatic heterocycles. The topological polar surface area (TPSA) is 79.3 Å². The van der Waals surface area contributed by atoms with Gasteiger partial charge < -0.3 is 10.4 Å². The van der Waals surface area contributed by atoms with Crippen molar-refractivity contribution in [2.24, 2.45) is 0 Å². The molecule has 5 nitrogen and oxygen atoms in total. The zero-order valence-electron chi connectivity index (χ0n) is 10.0. The minimum atomic E-state index is -1.15. The fourth-order valence-electron chi connectivity index (χ4n) is 1.41. The highest BCUT2D eigenvalue weighted by atomic mass is 35.5. The van der Waals surface area contributed by atoms with Crippen molar-refractivity contribution in [3.05, 3.63) is 51.3 Å². The summed E-state index contributed by atoms with van der Waals surface area (Å²) in [5.74, 6) is -1.60. The molecule has 0 bridgehead atoms. The van der Waals surface area contributed by atoms with E-state index in [1.54, 1.807) is 18.2 Å². The number of carboxylic acid groups (broad SMARTS) is 1. The lowest BCUT2D eigenvalue weighted by molar-refractivity contribution is -0.111. The van der Waals surface area contributed by atoms with Gasteiger partial charge in [0.25, 0.3) is 0 Å². The number of nitrogens with one attached hydrogen (secondary N) is 1. The van der Waals surface area contributed by atoms with Crippen molar-refractivity contribution in [3.63, 3.8) is 0 Å². The van der Waals surface area contributed by atoms with Gasteiger partial charge in [0.2, 0.25) is 5.91 Å². The quantitative estimate of drug-likeness (QED) is 0.850. The summed E-state index contributed by atoms with van der Waals surface area (Å²) < 4.78 is 0.628. The number of carbonyl (C=O) groups excluding carboxylic acids is 1. The average molecular weight is 309 g/mol. The molecule has 102 valence electrons. The van der Waals surface area contributed by atoms with E-state index in [1.165, 1.54) is 35.7 Å². The average Bonchev–Trinajstić information content (AvgIpc) is 2.83. The van der Waals surface area contributed by atoms with Gasteiger partial charge in [0.15, 0.2) is 0 Å². The summed E-state index contributed by atoms with van der Waals surface area (Å²) in [5.41, 5.74) is -0.0616. The predicted molar refractivity (Wildman–Crippen MR) is 78.2 cm³/mol. The summed E-state index contributed by atoms with van der Waals surface area (Å²) >= 11 is 7.10. The van der Waals surface area contributed by atoms with E-state index in [2.05, 4.69) is 10.3 Å². The molecule has 7 heteroatoms. The van der Waals surface area contributed by atoms with Crippen LogP contribution in [0, 0.1) is 0 Å². The Morgan fingerprint density at radius 3 is 2.80 bits per heavy atom. The van der Waals surface area contributed by atoms with Crippen LogP contribution in [0.3, 0.4) is 0 Å². The Balaban J connectivity index is 2.09. The number of thiophene rings is 1. The number of amides is 1. The molecule has 0 fully saturated rings. The van der Waals surface area contributed by atoms with Crippen LogP contribution in [0.15, 0.2) is 36.5 Å². The number of anilines is 1. The summed E-state index contributed by atoms with van der Waals surface area (Å²) in [7, 11) is 0. The zero-order chi connectivity index (χ0) is 14.5. The maximum absolute atomic E-state index is 11.7. The number of aromatic nitrogens is 1. The minimum absolute atomic E-state index is 0.0128. The third-order valence-electron chi connectivity index (χ3n) is 2.27. The van der Waals surface area contributed by atoms with Crippen LogP contribution in [0.2, 0.25) is 4.34 Å². The molecular formula is C13H9ClN2O3S. The molecule has 0 unspecified atom stereocenters. The van der Waals surface area contributed by atoms with Gasteiger partial charge in [0, 0.05) is 17.2 Å². The molecule has 0 aliphatic carbocycles. The first-order valence-electron chi connectivity index (χ1n) is 5.49. The summed E-state index contributed by atoms with van der Waals surface area (Å²) in [5, 5.41) is 11.4. The first-order chi connectivity index (χ1) is 9.56. The molecule has 2 aromatic rings. The van der Waals surface area contributed by atoms with E-state index in [9.17, 15) is 9.59 Å². The molecule has 0 aromatic carbocycles. The monoisotopic (exact) mass is 308 g/mol. The van der Waals surface area contributed by atoms with Crippen molar-refractivity contribution < 1.29 is 14.7 Å². The Hall–Kier alpha value is -2.18. The summed E-state index contributed by atoms with van der Waals surface area (Å²) in [6.07, 6.45) is 4.29. The van der Waals surface area contributed by atoms with Gasteiger partial charge in [-0.15, -0.1) is 11.3 Å². The van der Waals surface area contributed by atoms with Gasteiger partial charge in [0.05, 0.1) is 4.34 Å². The van der Waals surface area contributed by atoms with Crippen molar-refractivity contribution in [3.8, 4) is 0 Å². The molecule has 0 aliphatic heterocycles. The van der Waals surface area contributed by atoms with E-state index in [-0.39, 0.29) is 11.4 Å². The van der Waals surface area contributed by atoms with Gasteiger partial charge in [-0.05, 0) is 30.3 Å². The number of carboxylic acids is 1. The molecule has 0 saturated heterocycles. The maximum atomic E-state index is 11.7. The Morgan fingerprint density at radius 1 is 1.35 bits per heavy atom. The van der Waals surface area contributed by atoms with Gasteiger partial charge in [-0.1, -0.05) is 11.6 Å². The molecule has 2 heterocycles. The number of nitrogens with zero attached hydrogens (tertiary/aromatic N) is 1. The SMILES string of the molecule is O=C(C=Cc1ccc(Cl)s1)Nc1ncccc1C(=O)O. The molecule has 0 saturated carbocycles. The Morgan fingerprint density at radius 2 is 2.15 bits per heavy atom. The number of rotatable bonds is 4. The van der Waals surface area contributed by atoms with Crippen LogP contribution in [0.1, 0.15) is 15.2 Å². The summed E-state index contributed by atoms with van der Waals surface area (Å²) in [6.45, 7) is 0. The maximum Gasteiger partial charge on any atom is 0.339 e. The van der Waals surface area contributed by atoms with Gasteiger partial charge >= 0.3 is 5.97 Å². The predicted octanol–water partition coefficient (Wildman–Crippen LogP) is 3.15. The molecule has 1 amide bonds. The number of pyridine rings is 1. The van der Waals surface area contributed by atoms with E-state index in [0.29, 0.717) is 4.34 Å². The van der Waals surface area contributed by atoms with Crippen LogP contribution >= 0.6 is 22.9 Å². The van der Waals surface area contributed by atoms with E-state index in [0.717, 1.165) is 4.88 Å². The lowest BCUT2D eigenvalue weighted by atomic mass is 10.2. The van der Waals surface area contributed by atoms with Gasteiger partial charge in [-0.2, -0.15) is 0 Å². The van der Waals surface area contributed by atoms with E-state index < -0.39 is 11.9 Å². The van der Waals surface area contributed by atoms with Gasteiger partial charge in [-0.3, -0.25) is 4.79 Å². The summed E-state index contributed by atoms with van der Waals surface area (Å²) in [4.78, 5) is 27.3. The molecule has 2 rings (SSSR count). The minimum Gasteiger partial charge on any atom is -0.478 e. The summed E-state index contributed by atoms with van der Waals surface area (Å²) in [6, 6.07) is 6.36. The van der Waals surface area contributed by atoms with Crippen LogP contribution < -0.4 is 5.32 Å². The second-order valence-corrected chi connectivity index (χ2v) is 5.42. The van der Waals surface area contributed by atoms with Crippen molar-refractivity contribution in [2.45, 2.75) is 0 Å². The molecule has 0 aliphatic rings. The van der Waals surface area contributed by atoms with Crippen molar-refractivity contribution in [1.82, 2.24) is 4.98 Å². The molecule has 2 N–H and O–H groups in total. The Bertz CT molecular complexity index is 682. The van der Waals surface area contributed by atoms with Crippen LogP contribution in [-0.2, 0) is 4.79 Å². The third kappa shape index (κ3) is 3.66. The fourth-order valence-corrected chi connectivity index (χ4v) is 2.38. The van der Waals surface area contributed by atoms with Gasteiger partial charge in [-0.25, -0.2) is 9.78 Å². The van der Waals surface area contributed by atoms with E-state index in [1.807, 2.05) is 0 Å². The zero-order valence-corrected chi connectivity index (χ0v) is 11.6. The third-order valence-corrected chi connectivity index (χ3v) is 3.47. The van der Waals surface area contributed by atoms with E-state index in [4.69, 9.17) is 16.7 Å². The van der Waals surface area contributed by atoms with Crippen LogP contribution in [0.5, 0.6) is 0 Å². The first-order valence-corrected chi connectivity index (χ1v) is 6.68. The fraction of sp³-hybridized carbons (Fsp3) is 0. The largest absolute Gasteiger partial charge is 0.478 e. The van der Waals surface area contributed by atoms with Gasteiger partial charge in [0.1, 0.15) is 11.4 Å². The Kier molecular flexibility index (Phi) is 4.49. The number of hydrogen-bond acceptors (Lipinski definition) is 4. The van der Waals surface area contributed by atoms with Crippen LogP contribution in [0.25, 0.3) is 6.08 Å². The number of halogens is 1. The lowest BCUT2D eigenvalue weighted by Gasteiger charge is -2.04. The number of carbonyl (C=O) groups is 2. The smallest absolute Gasteiger partial charge is 0.339 e. The molecule has 0 radical (unpaired) electrons. The Labute approximate surface area is 123 Å².